The molecular weight excluding hydrogens is 344 g/mol. The lowest BCUT2D eigenvalue weighted by Gasteiger charge is -2.12. The molecule has 6 heteroatoms. The van der Waals surface area contributed by atoms with Crippen LogP contribution in [0.1, 0.15) is 17.3 Å². The second-order valence-electron chi connectivity index (χ2n) is 6.42. The van der Waals surface area contributed by atoms with Crippen molar-refractivity contribution in [3.8, 4) is 22.9 Å². The van der Waals surface area contributed by atoms with Crippen LogP contribution >= 0.6 is 0 Å². The summed E-state index contributed by atoms with van der Waals surface area (Å²) in [5, 5.41) is 0. The summed E-state index contributed by atoms with van der Waals surface area (Å²) in [7, 11) is 0. The van der Waals surface area contributed by atoms with Crippen LogP contribution in [0.5, 0.6) is 11.8 Å². The number of rotatable bonds is 5. The molecule has 2 aromatic carbocycles. The molecule has 0 amide bonds. The summed E-state index contributed by atoms with van der Waals surface area (Å²) in [6.07, 6.45) is 1.47. The Balaban J connectivity index is 1.45. The minimum Gasteiger partial charge on any atom is -0.490 e. The SMILES string of the molecule is CC(=O)c1cccc(-c2cccc(OCC3Cn4ccc(=O)nc4O3)c2)c1. The number of benzene rings is 2. The summed E-state index contributed by atoms with van der Waals surface area (Å²) in [5.41, 5.74) is 2.29. The van der Waals surface area contributed by atoms with E-state index in [4.69, 9.17) is 9.47 Å². The Hall–Kier alpha value is -3.41. The molecule has 1 aliphatic heterocycles. The van der Waals surface area contributed by atoms with Crippen molar-refractivity contribution in [2.24, 2.45) is 0 Å². The van der Waals surface area contributed by atoms with E-state index >= 15 is 0 Å². The molecule has 0 fully saturated rings. The van der Waals surface area contributed by atoms with E-state index in [1.54, 1.807) is 23.8 Å². The maximum absolute atomic E-state index is 11.6. The van der Waals surface area contributed by atoms with Gasteiger partial charge in [0, 0.05) is 17.8 Å². The molecule has 0 N–H and O–H groups in total. The lowest BCUT2D eigenvalue weighted by atomic mass is 10.0. The first-order chi connectivity index (χ1) is 13.1. The minimum absolute atomic E-state index is 0.0366. The zero-order valence-corrected chi connectivity index (χ0v) is 14.8. The van der Waals surface area contributed by atoms with Gasteiger partial charge in [-0.05, 0) is 36.2 Å². The molecule has 6 nitrogen and oxygen atoms in total. The third-order valence-electron chi connectivity index (χ3n) is 4.39. The molecule has 3 aromatic rings. The number of carbonyl (C=O) groups is 1. The van der Waals surface area contributed by atoms with Gasteiger partial charge in [-0.2, -0.15) is 4.98 Å². The van der Waals surface area contributed by atoms with Gasteiger partial charge in [0.1, 0.15) is 12.4 Å². The predicted molar refractivity (Wildman–Crippen MR) is 100 cm³/mol. The van der Waals surface area contributed by atoms with E-state index in [-0.39, 0.29) is 17.4 Å². The molecule has 1 aromatic heterocycles. The van der Waals surface area contributed by atoms with E-state index in [0.717, 1.165) is 11.1 Å². The number of Topliss-reactive ketones (excluding diaryl/α,β-unsaturated/α-hetero) is 1. The van der Waals surface area contributed by atoms with Crippen LogP contribution in [-0.4, -0.2) is 28.0 Å². The zero-order valence-electron chi connectivity index (χ0n) is 14.8. The normalized spacial score (nSPS) is 15.1. The lowest BCUT2D eigenvalue weighted by molar-refractivity contribution is 0.101. The maximum atomic E-state index is 11.6. The molecule has 1 aliphatic rings. The van der Waals surface area contributed by atoms with Gasteiger partial charge in [0.2, 0.25) is 0 Å². The number of fused-ring (bicyclic) bond motifs is 1. The van der Waals surface area contributed by atoms with Crippen LogP contribution in [0.15, 0.2) is 65.6 Å². The number of nitrogens with zero attached hydrogens (tertiary/aromatic N) is 2. The quantitative estimate of drug-likeness (QED) is 0.653. The first-order valence-electron chi connectivity index (χ1n) is 8.67. The van der Waals surface area contributed by atoms with Gasteiger partial charge in [0.15, 0.2) is 11.9 Å². The van der Waals surface area contributed by atoms with Gasteiger partial charge in [-0.25, -0.2) is 0 Å². The van der Waals surface area contributed by atoms with Crippen molar-refractivity contribution in [3.05, 3.63) is 76.7 Å². The number of aromatic nitrogens is 2. The average molecular weight is 362 g/mol. The molecule has 136 valence electrons. The molecule has 2 heterocycles. The van der Waals surface area contributed by atoms with Gasteiger partial charge in [0.25, 0.3) is 11.6 Å². The van der Waals surface area contributed by atoms with Gasteiger partial charge in [0.05, 0.1) is 6.54 Å². The number of ether oxygens (including phenoxy) is 2. The van der Waals surface area contributed by atoms with Crippen LogP contribution in [0.3, 0.4) is 0 Å². The molecule has 0 spiro atoms. The van der Waals surface area contributed by atoms with Gasteiger partial charge >= 0.3 is 0 Å². The van der Waals surface area contributed by atoms with E-state index in [1.807, 2.05) is 42.5 Å². The standard InChI is InChI=1S/C21H18N2O4/c1-14(24)15-4-2-5-16(10-15)17-6-3-7-18(11-17)26-13-19-12-23-9-8-20(25)22-21(23)27-19/h2-11,19H,12-13H2,1H3. The number of ketones is 1. The van der Waals surface area contributed by atoms with E-state index in [0.29, 0.717) is 30.5 Å². The zero-order chi connectivity index (χ0) is 18.8. The Morgan fingerprint density at radius 1 is 1.19 bits per heavy atom. The van der Waals surface area contributed by atoms with Crippen molar-refractivity contribution in [3.63, 3.8) is 0 Å². The molecule has 1 atom stereocenters. The Kier molecular flexibility index (Phi) is 4.46. The van der Waals surface area contributed by atoms with Crippen LogP contribution in [0.25, 0.3) is 11.1 Å². The lowest BCUT2D eigenvalue weighted by Crippen LogP contribution is -2.23. The number of hydrogen-bond donors (Lipinski definition) is 0. The highest BCUT2D eigenvalue weighted by molar-refractivity contribution is 5.95. The number of hydrogen-bond acceptors (Lipinski definition) is 5. The van der Waals surface area contributed by atoms with Crippen molar-refractivity contribution in [1.29, 1.82) is 0 Å². The van der Waals surface area contributed by atoms with Crippen molar-refractivity contribution >= 4 is 5.78 Å². The smallest absolute Gasteiger partial charge is 0.300 e. The molecule has 0 aliphatic carbocycles. The molecule has 1 unspecified atom stereocenters. The summed E-state index contributed by atoms with van der Waals surface area (Å²) in [6.45, 7) is 2.48. The summed E-state index contributed by atoms with van der Waals surface area (Å²) in [4.78, 5) is 26.7. The highest BCUT2D eigenvalue weighted by Gasteiger charge is 2.23. The Bertz CT molecular complexity index is 1060. The number of carbonyl (C=O) groups excluding carboxylic acids is 1. The third-order valence-corrected chi connectivity index (χ3v) is 4.39. The third kappa shape index (κ3) is 3.74. The van der Waals surface area contributed by atoms with Crippen LogP contribution in [0.2, 0.25) is 0 Å². The van der Waals surface area contributed by atoms with E-state index < -0.39 is 0 Å². The second kappa shape index (κ2) is 7.07. The van der Waals surface area contributed by atoms with E-state index in [9.17, 15) is 9.59 Å². The van der Waals surface area contributed by atoms with Crippen molar-refractivity contribution in [2.45, 2.75) is 19.6 Å². The average Bonchev–Trinajstić information content (AvgIpc) is 3.08. The van der Waals surface area contributed by atoms with Gasteiger partial charge < -0.3 is 9.47 Å². The monoisotopic (exact) mass is 362 g/mol. The molecule has 0 saturated carbocycles. The highest BCUT2D eigenvalue weighted by atomic mass is 16.6. The highest BCUT2D eigenvalue weighted by Crippen LogP contribution is 2.25. The first-order valence-corrected chi connectivity index (χ1v) is 8.67. The second-order valence-corrected chi connectivity index (χ2v) is 6.42. The van der Waals surface area contributed by atoms with Crippen molar-refractivity contribution in [1.82, 2.24) is 9.55 Å². The van der Waals surface area contributed by atoms with Gasteiger partial charge in [-0.3, -0.25) is 14.2 Å². The van der Waals surface area contributed by atoms with Gasteiger partial charge in [-0.15, -0.1) is 0 Å². The fourth-order valence-electron chi connectivity index (χ4n) is 3.01. The van der Waals surface area contributed by atoms with Crippen LogP contribution in [0.4, 0.5) is 0 Å². The Morgan fingerprint density at radius 3 is 2.78 bits per heavy atom. The van der Waals surface area contributed by atoms with Crippen LogP contribution in [0, 0.1) is 0 Å². The molecule has 0 radical (unpaired) electrons. The first kappa shape index (κ1) is 17.0. The Morgan fingerprint density at radius 2 is 1.96 bits per heavy atom. The van der Waals surface area contributed by atoms with Crippen molar-refractivity contribution < 1.29 is 14.3 Å². The fourth-order valence-corrected chi connectivity index (χ4v) is 3.01. The Labute approximate surface area is 156 Å². The molecule has 4 rings (SSSR count). The van der Waals surface area contributed by atoms with Crippen LogP contribution in [-0.2, 0) is 6.54 Å². The molecular formula is C21H18N2O4. The summed E-state index contributed by atoms with van der Waals surface area (Å²) >= 11 is 0. The van der Waals surface area contributed by atoms with Gasteiger partial charge in [-0.1, -0.05) is 30.3 Å². The maximum Gasteiger partial charge on any atom is 0.300 e. The predicted octanol–water partition coefficient (Wildman–Crippen LogP) is 2.95. The summed E-state index contributed by atoms with van der Waals surface area (Å²) in [6, 6.07) is 17.0. The molecule has 27 heavy (non-hydrogen) atoms. The van der Waals surface area contributed by atoms with Crippen LogP contribution < -0.4 is 15.0 Å². The van der Waals surface area contributed by atoms with E-state index in [1.165, 1.54) is 6.07 Å². The fraction of sp³-hybridized carbons (Fsp3) is 0.190. The molecule has 0 bridgehead atoms. The largest absolute Gasteiger partial charge is 0.490 e. The van der Waals surface area contributed by atoms with E-state index in [2.05, 4.69) is 4.98 Å². The summed E-state index contributed by atoms with van der Waals surface area (Å²) < 4.78 is 13.3. The topological polar surface area (TPSA) is 70.4 Å². The minimum atomic E-state index is -0.316. The summed E-state index contributed by atoms with van der Waals surface area (Å²) in [5.74, 6) is 0.748. The van der Waals surface area contributed by atoms with Crippen molar-refractivity contribution in [2.75, 3.05) is 6.61 Å². The molecule has 0 saturated heterocycles.